The van der Waals surface area contributed by atoms with Gasteiger partial charge in [-0.3, -0.25) is 9.36 Å². The van der Waals surface area contributed by atoms with Crippen molar-refractivity contribution >= 4 is 23.5 Å². The van der Waals surface area contributed by atoms with Gasteiger partial charge in [0.05, 0.1) is 31.8 Å². The molecule has 1 aliphatic rings. The van der Waals surface area contributed by atoms with Gasteiger partial charge in [0.2, 0.25) is 5.95 Å². The molecule has 0 spiro atoms. The number of benzene rings is 2. The Kier molecular flexibility index (Phi) is 6.47. The van der Waals surface area contributed by atoms with Crippen LogP contribution >= 0.6 is 11.8 Å². The second-order valence-electron chi connectivity index (χ2n) is 6.76. The molecule has 10 heteroatoms. The quantitative estimate of drug-likeness (QED) is 0.407. The lowest BCUT2D eigenvalue weighted by Gasteiger charge is -2.27. The van der Waals surface area contributed by atoms with Crippen molar-refractivity contribution in [1.82, 2.24) is 14.8 Å². The Bertz CT molecular complexity index is 1090. The summed E-state index contributed by atoms with van der Waals surface area (Å²) in [5, 5.41) is 8.96. The van der Waals surface area contributed by atoms with Crippen molar-refractivity contribution in [3.63, 3.8) is 0 Å². The van der Waals surface area contributed by atoms with Crippen LogP contribution in [0.5, 0.6) is 5.75 Å². The molecule has 31 heavy (non-hydrogen) atoms. The van der Waals surface area contributed by atoms with E-state index in [4.69, 9.17) is 9.47 Å². The fourth-order valence-electron chi connectivity index (χ4n) is 3.22. The number of Topliss-reactive ketones (excluding diaryl/α,β-unsaturated/α-hetero) is 1. The highest BCUT2D eigenvalue weighted by Crippen LogP contribution is 2.28. The van der Waals surface area contributed by atoms with Gasteiger partial charge in [-0.1, -0.05) is 17.8 Å². The highest BCUT2D eigenvalue weighted by Gasteiger charge is 2.23. The number of anilines is 1. The van der Waals surface area contributed by atoms with Gasteiger partial charge in [0.15, 0.2) is 22.5 Å². The summed E-state index contributed by atoms with van der Waals surface area (Å²) in [6.07, 6.45) is 0. The van der Waals surface area contributed by atoms with Gasteiger partial charge in [0.25, 0.3) is 0 Å². The van der Waals surface area contributed by atoms with Gasteiger partial charge >= 0.3 is 0 Å². The Hall–Kier alpha value is -2.98. The third-order valence-corrected chi connectivity index (χ3v) is 5.71. The molecular formula is C21H20F2N4O3S. The van der Waals surface area contributed by atoms with E-state index in [1.165, 1.54) is 31.4 Å². The number of morpholine rings is 1. The molecular weight excluding hydrogens is 426 g/mol. The molecule has 0 amide bonds. The number of carbonyl (C=O) groups excluding carboxylic acids is 1. The lowest BCUT2D eigenvalue weighted by molar-refractivity contribution is 0.102. The van der Waals surface area contributed by atoms with Gasteiger partial charge in [-0.05, 0) is 36.4 Å². The third kappa shape index (κ3) is 4.70. The molecule has 1 fully saturated rings. The molecule has 0 aliphatic carbocycles. The minimum atomic E-state index is -0.601. The SMILES string of the molecule is COc1ccc(C(=O)CSc2nnc(N3CCOCC3)n2-c2cccc(F)c2)cc1F. The molecule has 162 valence electrons. The summed E-state index contributed by atoms with van der Waals surface area (Å²) in [4.78, 5) is 14.6. The number of thioether (sulfide) groups is 1. The van der Waals surface area contributed by atoms with Gasteiger partial charge in [-0.15, -0.1) is 10.2 Å². The van der Waals surface area contributed by atoms with Gasteiger partial charge < -0.3 is 14.4 Å². The smallest absolute Gasteiger partial charge is 0.232 e. The van der Waals surface area contributed by atoms with Crippen molar-refractivity contribution in [2.75, 3.05) is 44.1 Å². The lowest BCUT2D eigenvalue weighted by atomic mass is 10.1. The van der Waals surface area contributed by atoms with Crippen molar-refractivity contribution in [3.05, 3.63) is 59.7 Å². The molecule has 4 rings (SSSR count). The van der Waals surface area contributed by atoms with E-state index < -0.39 is 5.82 Å². The number of ether oxygens (including phenoxy) is 2. The van der Waals surface area contributed by atoms with E-state index in [9.17, 15) is 13.6 Å². The minimum Gasteiger partial charge on any atom is -0.494 e. The Morgan fingerprint density at radius 3 is 2.68 bits per heavy atom. The van der Waals surface area contributed by atoms with E-state index in [0.29, 0.717) is 43.1 Å². The summed E-state index contributed by atoms with van der Waals surface area (Å²) < 4.78 is 39.9. The van der Waals surface area contributed by atoms with E-state index in [2.05, 4.69) is 10.2 Å². The maximum absolute atomic E-state index is 13.9. The summed E-state index contributed by atoms with van der Waals surface area (Å²) in [7, 11) is 1.36. The predicted octanol–water partition coefficient (Wildman–Crippen LogP) is 3.37. The minimum absolute atomic E-state index is 0.0162. The van der Waals surface area contributed by atoms with Crippen LogP contribution in [0.25, 0.3) is 5.69 Å². The highest BCUT2D eigenvalue weighted by molar-refractivity contribution is 7.99. The van der Waals surface area contributed by atoms with Crippen molar-refractivity contribution in [2.45, 2.75) is 5.16 Å². The molecule has 0 bridgehead atoms. The number of hydrogen-bond donors (Lipinski definition) is 0. The van der Waals surface area contributed by atoms with Crippen LogP contribution in [0.2, 0.25) is 0 Å². The zero-order valence-corrected chi connectivity index (χ0v) is 17.6. The standard InChI is InChI=1S/C21H20F2N4O3S/c1-29-19-6-5-14(11-17(19)23)18(28)13-31-21-25-24-20(26-7-9-30-10-8-26)27(21)16-4-2-3-15(22)12-16/h2-6,11-12H,7-10,13H2,1H3. The maximum Gasteiger partial charge on any atom is 0.232 e. The van der Waals surface area contributed by atoms with Crippen LogP contribution in [0, 0.1) is 11.6 Å². The highest BCUT2D eigenvalue weighted by atomic mass is 32.2. The summed E-state index contributed by atoms with van der Waals surface area (Å²) in [5.41, 5.74) is 0.785. The van der Waals surface area contributed by atoms with Crippen LogP contribution in [0.15, 0.2) is 47.6 Å². The molecule has 0 radical (unpaired) electrons. The first-order valence-corrected chi connectivity index (χ1v) is 10.6. The van der Waals surface area contributed by atoms with E-state index in [1.807, 2.05) is 4.90 Å². The Balaban J connectivity index is 1.60. The van der Waals surface area contributed by atoms with E-state index in [0.717, 1.165) is 17.8 Å². The van der Waals surface area contributed by atoms with Crippen molar-refractivity contribution in [1.29, 1.82) is 0 Å². The summed E-state index contributed by atoms with van der Waals surface area (Å²) in [6.45, 7) is 2.37. The van der Waals surface area contributed by atoms with Crippen LogP contribution in [0.3, 0.4) is 0 Å². The fraction of sp³-hybridized carbons (Fsp3) is 0.286. The number of hydrogen-bond acceptors (Lipinski definition) is 7. The first kappa shape index (κ1) is 21.3. The third-order valence-electron chi connectivity index (χ3n) is 4.78. The number of nitrogens with zero attached hydrogens (tertiary/aromatic N) is 4. The zero-order valence-electron chi connectivity index (χ0n) is 16.8. The number of halogens is 2. The summed E-state index contributed by atoms with van der Waals surface area (Å²) in [5.74, 6) is -0.615. The lowest BCUT2D eigenvalue weighted by Crippen LogP contribution is -2.37. The van der Waals surface area contributed by atoms with Gasteiger partial charge in [0, 0.05) is 18.7 Å². The monoisotopic (exact) mass is 446 g/mol. The van der Waals surface area contributed by atoms with Gasteiger partial charge in [-0.25, -0.2) is 8.78 Å². The maximum atomic E-state index is 13.9. The molecule has 2 heterocycles. The molecule has 3 aromatic rings. The molecule has 2 aromatic carbocycles. The number of aromatic nitrogens is 3. The summed E-state index contributed by atoms with van der Waals surface area (Å²) >= 11 is 1.16. The second kappa shape index (κ2) is 9.44. The van der Waals surface area contributed by atoms with E-state index in [1.54, 1.807) is 16.7 Å². The summed E-state index contributed by atoms with van der Waals surface area (Å²) in [6, 6.07) is 10.2. The first-order valence-electron chi connectivity index (χ1n) is 9.60. The van der Waals surface area contributed by atoms with Crippen LogP contribution in [-0.2, 0) is 4.74 Å². The number of rotatable bonds is 7. The number of ketones is 1. The van der Waals surface area contributed by atoms with Crippen LogP contribution in [0.4, 0.5) is 14.7 Å². The van der Waals surface area contributed by atoms with E-state index >= 15 is 0 Å². The van der Waals surface area contributed by atoms with Gasteiger partial charge in [0.1, 0.15) is 5.82 Å². The Morgan fingerprint density at radius 2 is 1.97 bits per heavy atom. The normalized spacial score (nSPS) is 14.0. The molecule has 1 aliphatic heterocycles. The molecule has 0 unspecified atom stereocenters. The number of carbonyl (C=O) groups is 1. The van der Waals surface area contributed by atoms with Crippen molar-refractivity contribution in [2.24, 2.45) is 0 Å². The largest absolute Gasteiger partial charge is 0.494 e. The Labute approximate surface area is 182 Å². The molecule has 0 N–H and O–H groups in total. The number of methoxy groups -OCH3 is 1. The molecule has 0 saturated carbocycles. The van der Waals surface area contributed by atoms with Crippen molar-refractivity contribution in [3.8, 4) is 11.4 Å². The molecule has 1 saturated heterocycles. The van der Waals surface area contributed by atoms with Crippen LogP contribution in [-0.4, -0.2) is 59.7 Å². The van der Waals surface area contributed by atoms with E-state index in [-0.39, 0.29) is 28.7 Å². The van der Waals surface area contributed by atoms with Crippen molar-refractivity contribution < 1.29 is 23.0 Å². The average molecular weight is 446 g/mol. The van der Waals surface area contributed by atoms with Crippen LogP contribution in [0.1, 0.15) is 10.4 Å². The average Bonchev–Trinajstić information content (AvgIpc) is 3.22. The topological polar surface area (TPSA) is 69.5 Å². The molecule has 7 nitrogen and oxygen atoms in total. The predicted molar refractivity (Wildman–Crippen MR) is 112 cm³/mol. The Morgan fingerprint density at radius 1 is 1.16 bits per heavy atom. The second-order valence-corrected chi connectivity index (χ2v) is 7.70. The van der Waals surface area contributed by atoms with Gasteiger partial charge in [-0.2, -0.15) is 0 Å². The molecule has 0 atom stereocenters. The fourth-order valence-corrected chi connectivity index (χ4v) is 4.06. The molecule has 1 aromatic heterocycles. The van der Waals surface area contributed by atoms with Crippen LogP contribution < -0.4 is 9.64 Å². The first-order chi connectivity index (χ1) is 15.1. The zero-order chi connectivity index (χ0) is 21.8.